The largest absolute Gasteiger partial charge is 0.380 e. The summed E-state index contributed by atoms with van der Waals surface area (Å²) in [4.78, 5) is 14.2. The molecule has 92 valence electrons. The van der Waals surface area contributed by atoms with Gasteiger partial charge >= 0.3 is 0 Å². The number of ether oxygens (including phenoxy) is 1. The Hall–Kier alpha value is -0.610. The Kier molecular flexibility index (Phi) is 3.82. The molecule has 2 aliphatic rings. The van der Waals surface area contributed by atoms with Crippen molar-refractivity contribution in [1.29, 1.82) is 0 Å². The van der Waals surface area contributed by atoms with Gasteiger partial charge in [0.25, 0.3) is 0 Å². The lowest BCUT2D eigenvalue weighted by atomic mass is 10.2. The quantitative estimate of drug-likeness (QED) is 0.697. The molecule has 2 N–H and O–H groups in total. The van der Waals surface area contributed by atoms with E-state index in [2.05, 4.69) is 4.90 Å². The molecule has 0 saturated heterocycles. The first-order chi connectivity index (χ1) is 7.74. The Bertz CT molecular complexity index is 245. The first-order valence-electron chi connectivity index (χ1n) is 6.27. The first-order valence-corrected chi connectivity index (χ1v) is 6.27. The number of rotatable bonds is 7. The van der Waals surface area contributed by atoms with Crippen LogP contribution >= 0.6 is 0 Å². The first kappa shape index (κ1) is 11.9. The number of methoxy groups -OCH3 is 1. The molecule has 2 aliphatic carbocycles. The number of carbonyl (C=O) groups is 1. The zero-order valence-electron chi connectivity index (χ0n) is 10.0. The minimum atomic E-state index is -0.118. The monoisotopic (exact) mass is 226 g/mol. The van der Waals surface area contributed by atoms with Crippen molar-refractivity contribution < 1.29 is 9.53 Å². The second-order valence-electron chi connectivity index (χ2n) is 5.02. The van der Waals surface area contributed by atoms with Crippen molar-refractivity contribution in [1.82, 2.24) is 4.90 Å². The minimum Gasteiger partial charge on any atom is -0.380 e. The minimum absolute atomic E-state index is 0.118. The molecule has 2 fully saturated rings. The van der Waals surface area contributed by atoms with Gasteiger partial charge in [0.2, 0.25) is 5.91 Å². The number of hydrogen-bond acceptors (Lipinski definition) is 3. The van der Waals surface area contributed by atoms with E-state index in [1.807, 2.05) is 0 Å². The molecule has 1 atom stereocenters. The zero-order chi connectivity index (χ0) is 11.5. The number of nitrogens with zero attached hydrogens (tertiary/aromatic N) is 1. The van der Waals surface area contributed by atoms with Crippen LogP contribution in [0.5, 0.6) is 0 Å². The van der Waals surface area contributed by atoms with Gasteiger partial charge in [-0.05, 0) is 31.6 Å². The van der Waals surface area contributed by atoms with Crippen LogP contribution in [0.2, 0.25) is 0 Å². The Morgan fingerprint density at radius 2 is 2.12 bits per heavy atom. The summed E-state index contributed by atoms with van der Waals surface area (Å²) in [6.45, 7) is 1.38. The summed E-state index contributed by atoms with van der Waals surface area (Å²) in [7, 11) is 1.62. The summed E-state index contributed by atoms with van der Waals surface area (Å²) in [6.07, 6.45) is 5.27. The van der Waals surface area contributed by atoms with E-state index in [1.165, 1.54) is 25.7 Å². The highest BCUT2D eigenvalue weighted by Crippen LogP contribution is 2.35. The van der Waals surface area contributed by atoms with Gasteiger partial charge in [0, 0.05) is 26.2 Å². The van der Waals surface area contributed by atoms with Gasteiger partial charge in [-0.2, -0.15) is 0 Å². The van der Waals surface area contributed by atoms with Crippen molar-refractivity contribution >= 4 is 5.91 Å². The molecule has 0 heterocycles. The average Bonchev–Trinajstić information content (AvgIpc) is 3.15. The molecule has 1 unspecified atom stereocenters. The highest BCUT2D eigenvalue weighted by atomic mass is 16.5. The standard InChI is InChI=1S/C12H22N2O2/c1-16-11(7-13)6-12(15)14(10-4-5-10)8-9-2-3-9/h9-11H,2-8,13H2,1H3. The molecule has 0 aromatic carbocycles. The molecular weight excluding hydrogens is 204 g/mol. The smallest absolute Gasteiger partial charge is 0.225 e. The van der Waals surface area contributed by atoms with E-state index < -0.39 is 0 Å². The third-order valence-corrected chi connectivity index (χ3v) is 3.46. The highest BCUT2D eigenvalue weighted by Gasteiger charge is 2.36. The van der Waals surface area contributed by atoms with Crippen LogP contribution < -0.4 is 5.73 Å². The lowest BCUT2D eigenvalue weighted by Gasteiger charge is -2.24. The second kappa shape index (κ2) is 5.15. The molecular formula is C12H22N2O2. The van der Waals surface area contributed by atoms with Crippen molar-refractivity contribution in [3.05, 3.63) is 0 Å². The Labute approximate surface area is 97.1 Å². The molecule has 2 rings (SSSR count). The molecule has 16 heavy (non-hydrogen) atoms. The van der Waals surface area contributed by atoms with Crippen molar-refractivity contribution in [2.45, 2.75) is 44.2 Å². The number of hydrogen-bond donors (Lipinski definition) is 1. The van der Waals surface area contributed by atoms with Crippen LogP contribution in [-0.2, 0) is 9.53 Å². The maximum absolute atomic E-state index is 12.1. The van der Waals surface area contributed by atoms with E-state index in [4.69, 9.17) is 10.5 Å². The maximum Gasteiger partial charge on any atom is 0.225 e. The summed E-state index contributed by atoms with van der Waals surface area (Å²) in [6, 6.07) is 0.517. The maximum atomic E-state index is 12.1. The predicted molar refractivity (Wildman–Crippen MR) is 61.9 cm³/mol. The molecule has 4 nitrogen and oxygen atoms in total. The summed E-state index contributed by atoms with van der Waals surface area (Å²) in [5.74, 6) is 0.995. The number of amides is 1. The van der Waals surface area contributed by atoms with E-state index >= 15 is 0 Å². The van der Waals surface area contributed by atoms with Crippen LogP contribution in [0.15, 0.2) is 0 Å². The van der Waals surface area contributed by atoms with Crippen molar-refractivity contribution in [2.24, 2.45) is 11.7 Å². The number of nitrogens with two attached hydrogens (primary N) is 1. The van der Waals surface area contributed by atoms with Crippen molar-refractivity contribution in [3.63, 3.8) is 0 Å². The van der Waals surface area contributed by atoms with Gasteiger partial charge < -0.3 is 15.4 Å². The van der Waals surface area contributed by atoms with Crippen LogP contribution in [0.3, 0.4) is 0 Å². The predicted octanol–water partition coefficient (Wildman–Crippen LogP) is 0.751. The second-order valence-corrected chi connectivity index (χ2v) is 5.02. The van der Waals surface area contributed by atoms with Crippen LogP contribution in [0.4, 0.5) is 0 Å². The van der Waals surface area contributed by atoms with E-state index in [0.717, 1.165) is 12.5 Å². The third-order valence-electron chi connectivity index (χ3n) is 3.46. The molecule has 0 aromatic rings. The molecule has 0 radical (unpaired) electrons. The average molecular weight is 226 g/mol. The fourth-order valence-corrected chi connectivity index (χ4v) is 1.99. The Balaban J connectivity index is 1.83. The van der Waals surface area contributed by atoms with E-state index in [0.29, 0.717) is 19.0 Å². The van der Waals surface area contributed by atoms with Crippen LogP contribution in [0.1, 0.15) is 32.1 Å². The number of carbonyl (C=O) groups excluding carboxylic acids is 1. The van der Waals surface area contributed by atoms with Crippen molar-refractivity contribution in [2.75, 3.05) is 20.2 Å². The molecule has 0 bridgehead atoms. The zero-order valence-corrected chi connectivity index (χ0v) is 10.0. The fourth-order valence-electron chi connectivity index (χ4n) is 1.99. The summed E-state index contributed by atoms with van der Waals surface area (Å²) in [5.41, 5.74) is 5.54. The highest BCUT2D eigenvalue weighted by molar-refractivity contribution is 5.77. The lowest BCUT2D eigenvalue weighted by molar-refractivity contribution is -0.134. The van der Waals surface area contributed by atoms with E-state index in [9.17, 15) is 4.79 Å². The van der Waals surface area contributed by atoms with Gasteiger partial charge in [-0.1, -0.05) is 0 Å². The van der Waals surface area contributed by atoms with Gasteiger partial charge in [0.05, 0.1) is 12.5 Å². The van der Waals surface area contributed by atoms with Crippen LogP contribution in [-0.4, -0.2) is 43.2 Å². The lowest BCUT2D eigenvalue weighted by Crippen LogP contribution is -2.38. The van der Waals surface area contributed by atoms with Gasteiger partial charge in [0.1, 0.15) is 0 Å². The molecule has 0 aromatic heterocycles. The van der Waals surface area contributed by atoms with Gasteiger partial charge in [0.15, 0.2) is 0 Å². The van der Waals surface area contributed by atoms with Crippen molar-refractivity contribution in [3.8, 4) is 0 Å². The molecule has 0 aliphatic heterocycles. The molecule has 4 heteroatoms. The molecule has 0 spiro atoms. The molecule has 2 saturated carbocycles. The summed E-state index contributed by atoms with van der Waals surface area (Å²) in [5, 5.41) is 0. The van der Waals surface area contributed by atoms with Gasteiger partial charge in [-0.15, -0.1) is 0 Å². The topological polar surface area (TPSA) is 55.6 Å². The summed E-state index contributed by atoms with van der Waals surface area (Å²) >= 11 is 0. The van der Waals surface area contributed by atoms with E-state index in [1.54, 1.807) is 7.11 Å². The SMILES string of the molecule is COC(CN)CC(=O)N(CC1CC1)C1CC1. The van der Waals surface area contributed by atoms with Crippen LogP contribution in [0.25, 0.3) is 0 Å². The Morgan fingerprint density at radius 1 is 1.44 bits per heavy atom. The third kappa shape index (κ3) is 3.19. The normalized spacial score (nSPS) is 21.9. The fraction of sp³-hybridized carbons (Fsp3) is 0.917. The van der Waals surface area contributed by atoms with E-state index in [-0.39, 0.29) is 12.0 Å². The molecule has 1 amide bonds. The van der Waals surface area contributed by atoms with Crippen LogP contribution in [0, 0.1) is 5.92 Å². The summed E-state index contributed by atoms with van der Waals surface area (Å²) < 4.78 is 5.17. The Morgan fingerprint density at radius 3 is 2.56 bits per heavy atom. The van der Waals surface area contributed by atoms with Gasteiger partial charge in [-0.25, -0.2) is 0 Å². The van der Waals surface area contributed by atoms with Gasteiger partial charge in [-0.3, -0.25) is 4.79 Å².